The lowest BCUT2D eigenvalue weighted by Gasteiger charge is -2.27. The third-order valence-electron chi connectivity index (χ3n) is 1.97. The summed E-state index contributed by atoms with van der Waals surface area (Å²) < 4.78 is -0.113. The number of nitrogens with zero attached hydrogens (tertiary/aromatic N) is 1. The topological polar surface area (TPSA) is 23.8 Å². The van der Waals surface area contributed by atoms with Gasteiger partial charge in [-0.25, -0.2) is 0 Å². The minimum Gasteiger partial charge on any atom is -0.197 e. The van der Waals surface area contributed by atoms with E-state index in [1.54, 1.807) is 0 Å². The second-order valence-electron chi connectivity index (χ2n) is 3.77. The van der Waals surface area contributed by atoms with Crippen LogP contribution in [0.1, 0.15) is 53.4 Å². The fourth-order valence-electron chi connectivity index (χ4n) is 1.64. The van der Waals surface area contributed by atoms with Gasteiger partial charge in [-0.2, -0.15) is 5.26 Å². The fraction of sp³-hybridized carbons (Fsp3) is 0.909. The normalized spacial score (nSPS) is 11.7. The van der Waals surface area contributed by atoms with Crippen molar-refractivity contribution in [1.29, 1.82) is 5.26 Å². The van der Waals surface area contributed by atoms with Gasteiger partial charge in [-0.05, 0) is 12.8 Å². The molecular formula is C11H21NS. The third-order valence-corrected chi connectivity index (χ3v) is 3.39. The zero-order valence-electron chi connectivity index (χ0n) is 9.26. The molecule has 0 heterocycles. The Labute approximate surface area is 86.9 Å². The van der Waals surface area contributed by atoms with Gasteiger partial charge in [0.05, 0.1) is 6.07 Å². The summed E-state index contributed by atoms with van der Waals surface area (Å²) in [7, 11) is 0. The maximum Gasteiger partial charge on any atom is 0.103 e. The molecule has 0 rings (SSSR count). The van der Waals surface area contributed by atoms with Gasteiger partial charge in [0.25, 0.3) is 0 Å². The van der Waals surface area contributed by atoms with Crippen molar-refractivity contribution in [3.8, 4) is 6.07 Å². The molecule has 0 N–H and O–H groups in total. The molecule has 0 amide bonds. The van der Waals surface area contributed by atoms with Crippen molar-refractivity contribution in [1.82, 2.24) is 0 Å². The first-order valence-electron chi connectivity index (χ1n) is 5.19. The predicted molar refractivity (Wildman–Crippen MR) is 60.9 cm³/mol. The van der Waals surface area contributed by atoms with Gasteiger partial charge in [0.1, 0.15) is 4.75 Å². The van der Waals surface area contributed by atoms with E-state index in [9.17, 15) is 5.26 Å². The Kier molecular flexibility index (Phi) is 6.24. The van der Waals surface area contributed by atoms with Gasteiger partial charge >= 0.3 is 0 Å². The average molecular weight is 199 g/mol. The van der Waals surface area contributed by atoms with Crippen LogP contribution in [0.25, 0.3) is 0 Å². The second-order valence-corrected chi connectivity index (χ2v) is 5.73. The lowest BCUT2D eigenvalue weighted by molar-refractivity contribution is 0.582. The van der Waals surface area contributed by atoms with Crippen molar-refractivity contribution in [3.05, 3.63) is 0 Å². The molecule has 0 aliphatic heterocycles. The molecule has 0 unspecified atom stereocenters. The molecule has 0 radical (unpaired) electrons. The van der Waals surface area contributed by atoms with Gasteiger partial charge in [0.15, 0.2) is 0 Å². The van der Waals surface area contributed by atoms with Crippen LogP contribution in [0.5, 0.6) is 0 Å². The smallest absolute Gasteiger partial charge is 0.103 e. The summed E-state index contributed by atoms with van der Waals surface area (Å²) >= 11 is 1.84. The van der Waals surface area contributed by atoms with Gasteiger partial charge in [-0.15, -0.1) is 11.8 Å². The molecule has 0 fully saturated rings. The SMILES string of the molecule is CCCC(C#N)(CCC)SC(C)C. The number of thioether (sulfide) groups is 1. The Balaban J connectivity index is 4.36. The molecule has 0 saturated carbocycles. The van der Waals surface area contributed by atoms with E-state index in [4.69, 9.17) is 0 Å². The predicted octanol–water partition coefficient (Wildman–Crippen LogP) is 3.99. The fourth-order valence-corrected chi connectivity index (χ4v) is 3.24. The van der Waals surface area contributed by atoms with E-state index >= 15 is 0 Å². The Morgan fingerprint density at radius 3 is 1.92 bits per heavy atom. The molecule has 0 aliphatic rings. The summed E-state index contributed by atoms with van der Waals surface area (Å²) in [5.74, 6) is 0. The first kappa shape index (κ1) is 12.8. The quantitative estimate of drug-likeness (QED) is 0.646. The maximum atomic E-state index is 9.22. The Morgan fingerprint density at radius 2 is 1.69 bits per heavy atom. The summed E-state index contributed by atoms with van der Waals surface area (Å²) in [4.78, 5) is 0. The standard InChI is InChI=1S/C11H21NS/c1-5-7-11(9-12,8-6-2)13-10(3)4/h10H,5-8H2,1-4H3. The van der Waals surface area contributed by atoms with Crippen LogP contribution in [0.2, 0.25) is 0 Å². The van der Waals surface area contributed by atoms with Gasteiger partial charge < -0.3 is 0 Å². The molecule has 0 bridgehead atoms. The summed E-state index contributed by atoms with van der Waals surface area (Å²) in [6.45, 7) is 8.65. The molecule has 0 spiro atoms. The Morgan fingerprint density at radius 1 is 1.23 bits per heavy atom. The molecule has 0 aliphatic carbocycles. The molecular weight excluding hydrogens is 178 g/mol. The van der Waals surface area contributed by atoms with E-state index in [0.29, 0.717) is 5.25 Å². The van der Waals surface area contributed by atoms with Crippen molar-refractivity contribution in [2.75, 3.05) is 0 Å². The van der Waals surface area contributed by atoms with Gasteiger partial charge in [0, 0.05) is 5.25 Å². The third kappa shape index (κ3) is 4.57. The molecule has 0 aromatic heterocycles. The zero-order valence-corrected chi connectivity index (χ0v) is 10.1. The highest BCUT2D eigenvalue weighted by Crippen LogP contribution is 2.37. The van der Waals surface area contributed by atoms with Crippen molar-refractivity contribution >= 4 is 11.8 Å². The van der Waals surface area contributed by atoms with Crippen LogP contribution in [0.15, 0.2) is 0 Å². The number of hydrogen-bond acceptors (Lipinski definition) is 2. The highest BCUT2D eigenvalue weighted by Gasteiger charge is 2.29. The van der Waals surface area contributed by atoms with Crippen LogP contribution in [-0.2, 0) is 0 Å². The molecule has 0 aromatic carbocycles. The van der Waals surface area contributed by atoms with Crippen molar-refractivity contribution in [2.24, 2.45) is 0 Å². The van der Waals surface area contributed by atoms with E-state index in [2.05, 4.69) is 33.8 Å². The van der Waals surface area contributed by atoms with Crippen molar-refractivity contribution in [2.45, 2.75) is 63.4 Å². The van der Waals surface area contributed by atoms with E-state index in [1.165, 1.54) is 0 Å². The zero-order chi connectivity index (χ0) is 10.3. The van der Waals surface area contributed by atoms with Crippen molar-refractivity contribution in [3.63, 3.8) is 0 Å². The second kappa shape index (κ2) is 6.32. The molecule has 0 saturated heterocycles. The number of nitriles is 1. The van der Waals surface area contributed by atoms with E-state index in [1.807, 2.05) is 11.8 Å². The van der Waals surface area contributed by atoms with E-state index in [-0.39, 0.29) is 4.75 Å². The molecule has 76 valence electrons. The van der Waals surface area contributed by atoms with Gasteiger partial charge in [0.2, 0.25) is 0 Å². The Bertz CT molecular complexity index is 163. The van der Waals surface area contributed by atoms with E-state index in [0.717, 1.165) is 25.7 Å². The number of rotatable bonds is 6. The summed E-state index contributed by atoms with van der Waals surface area (Å²) in [6, 6.07) is 2.51. The van der Waals surface area contributed by atoms with Gasteiger partial charge in [-0.1, -0.05) is 40.5 Å². The van der Waals surface area contributed by atoms with E-state index < -0.39 is 0 Å². The lowest BCUT2D eigenvalue weighted by atomic mass is 9.99. The van der Waals surface area contributed by atoms with Crippen LogP contribution in [0.4, 0.5) is 0 Å². The summed E-state index contributed by atoms with van der Waals surface area (Å²) in [5, 5.41) is 9.77. The average Bonchev–Trinajstić information content (AvgIpc) is 2.04. The highest BCUT2D eigenvalue weighted by molar-refractivity contribution is 8.01. The van der Waals surface area contributed by atoms with Crippen LogP contribution in [0, 0.1) is 11.3 Å². The van der Waals surface area contributed by atoms with Gasteiger partial charge in [-0.3, -0.25) is 0 Å². The minimum absolute atomic E-state index is 0.113. The summed E-state index contributed by atoms with van der Waals surface area (Å²) in [6.07, 6.45) is 4.26. The molecule has 1 nitrogen and oxygen atoms in total. The monoisotopic (exact) mass is 199 g/mol. The maximum absolute atomic E-state index is 9.22. The molecule has 2 heteroatoms. The number of hydrogen-bond donors (Lipinski definition) is 0. The van der Waals surface area contributed by atoms with Crippen LogP contribution < -0.4 is 0 Å². The molecule has 13 heavy (non-hydrogen) atoms. The van der Waals surface area contributed by atoms with Crippen LogP contribution in [-0.4, -0.2) is 10.00 Å². The summed E-state index contributed by atoms with van der Waals surface area (Å²) in [5.41, 5.74) is 0. The first-order valence-corrected chi connectivity index (χ1v) is 6.07. The largest absolute Gasteiger partial charge is 0.197 e. The molecule has 0 aromatic rings. The van der Waals surface area contributed by atoms with Crippen LogP contribution in [0.3, 0.4) is 0 Å². The first-order chi connectivity index (χ1) is 6.10. The lowest BCUT2D eigenvalue weighted by Crippen LogP contribution is -2.24. The molecule has 0 atom stereocenters. The van der Waals surface area contributed by atoms with Crippen LogP contribution >= 0.6 is 11.8 Å². The highest BCUT2D eigenvalue weighted by atomic mass is 32.2. The Hall–Kier alpha value is -0.160. The van der Waals surface area contributed by atoms with Crippen molar-refractivity contribution < 1.29 is 0 Å². The minimum atomic E-state index is -0.113.